The molecule has 0 unspecified atom stereocenters. The average molecular weight is 395 g/mol. The van der Waals surface area contributed by atoms with Gasteiger partial charge in [0.2, 0.25) is 0 Å². The van der Waals surface area contributed by atoms with Crippen LogP contribution >= 0.6 is 0 Å². The molecule has 1 saturated heterocycles. The molecule has 0 radical (unpaired) electrons. The minimum atomic E-state index is -0.964. The first kappa shape index (κ1) is 19.0. The number of hydrogen-bond donors (Lipinski definition) is 1. The Bertz CT molecular complexity index is 1100. The molecule has 2 heterocycles. The average Bonchev–Trinajstić information content (AvgIpc) is 2.74. The van der Waals surface area contributed by atoms with E-state index in [4.69, 9.17) is 19.0 Å². The van der Waals surface area contributed by atoms with Gasteiger partial charge in [-0.05, 0) is 36.8 Å². The Morgan fingerprint density at radius 3 is 2.55 bits per heavy atom. The number of carboxylic acids is 1. The summed E-state index contributed by atoms with van der Waals surface area (Å²) < 4.78 is 17.3. The normalized spacial score (nSPS) is 14.2. The summed E-state index contributed by atoms with van der Waals surface area (Å²) in [5, 5.41) is 9.49. The van der Waals surface area contributed by atoms with Gasteiger partial charge in [0.25, 0.3) is 0 Å². The molecule has 0 amide bonds. The van der Waals surface area contributed by atoms with Crippen LogP contribution in [0.15, 0.2) is 51.7 Å². The van der Waals surface area contributed by atoms with Crippen LogP contribution in [-0.4, -0.2) is 37.4 Å². The van der Waals surface area contributed by atoms with Gasteiger partial charge in [0.05, 0.1) is 24.2 Å². The van der Waals surface area contributed by atoms with E-state index in [1.54, 1.807) is 36.4 Å². The second-order valence-corrected chi connectivity index (χ2v) is 6.90. The van der Waals surface area contributed by atoms with Gasteiger partial charge in [0.1, 0.15) is 17.9 Å². The van der Waals surface area contributed by atoms with Crippen LogP contribution in [-0.2, 0) is 11.3 Å². The maximum absolute atomic E-state index is 12.6. The van der Waals surface area contributed by atoms with Crippen LogP contribution < -0.4 is 15.1 Å². The summed E-state index contributed by atoms with van der Waals surface area (Å²) in [7, 11) is 0. The van der Waals surface area contributed by atoms with Crippen LogP contribution in [0.5, 0.6) is 5.75 Å². The van der Waals surface area contributed by atoms with Crippen LogP contribution in [0.1, 0.15) is 21.5 Å². The first-order valence-electron chi connectivity index (χ1n) is 9.38. The molecule has 2 aromatic carbocycles. The molecular formula is C22H21NO6. The highest BCUT2D eigenvalue weighted by molar-refractivity contribution is 5.87. The highest BCUT2D eigenvalue weighted by Gasteiger charge is 2.17. The molecule has 0 spiro atoms. The van der Waals surface area contributed by atoms with Crippen molar-refractivity contribution < 1.29 is 23.8 Å². The highest BCUT2D eigenvalue weighted by atomic mass is 16.5. The fourth-order valence-corrected chi connectivity index (χ4v) is 3.32. The Morgan fingerprint density at radius 2 is 1.86 bits per heavy atom. The lowest BCUT2D eigenvalue weighted by Crippen LogP contribution is -2.36. The van der Waals surface area contributed by atoms with Crippen LogP contribution in [0.3, 0.4) is 0 Å². The van der Waals surface area contributed by atoms with E-state index < -0.39 is 5.97 Å². The van der Waals surface area contributed by atoms with E-state index in [1.807, 2.05) is 11.8 Å². The number of rotatable bonds is 5. The molecule has 1 aromatic heterocycles. The van der Waals surface area contributed by atoms with Crippen molar-refractivity contribution in [2.24, 2.45) is 0 Å². The van der Waals surface area contributed by atoms with E-state index in [2.05, 4.69) is 0 Å². The van der Waals surface area contributed by atoms with Crippen molar-refractivity contribution in [1.29, 1.82) is 0 Å². The second kappa shape index (κ2) is 7.97. The van der Waals surface area contributed by atoms with Gasteiger partial charge in [-0.2, -0.15) is 0 Å². The zero-order chi connectivity index (χ0) is 20.4. The molecular weight excluding hydrogens is 374 g/mol. The predicted molar refractivity (Wildman–Crippen MR) is 108 cm³/mol. The summed E-state index contributed by atoms with van der Waals surface area (Å²) in [6.07, 6.45) is 0. The SMILES string of the molecule is Cc1c(OCc2ccc(C(=O)O)cc2)ccc2c(=O)cc(N3CCOCC3)oc12. The number of morpholine rings is 1. The number of carbonyl (C=O) groups is 1. The molecule has 0 saturated carbocycles. The summed E-state index contributed by atoms with van der Waals surface area (Å²) in [5.74, 6) is 0.186. The summed E-state index contributed by atoms with van der Waals surface area (Å²) in [6.45, 7) is 4.69. The third-order valence-electron chi connectivity index (χ3n) is 5.00. The molecule has 4 rings (SSSR count). The van der Waals surface area contributed by atoms with Crippen molar-refractivity contribution in [1.82, 2.24) is 0 Å². The lowest BCUT2D eigenvalue weighted by molar-refractivity contribution is 0.0697. The summed E-state index contributed by atoms with van der Waals surface area (Å²) in [4.78, 5) is 25.5. The van der Waals surface area contributed by atoms with Crippen LogP contribution in [0, 0.1) is 6.92 Å². The quantitative estimate of drug-likeness (QED) is 0.709. The number of benzene rings is 2. The number of anilines is 1. The molecule has 7 nitrogen and oxygen atoms in total. The van der Waals surface area contributed by atoms with Gasteiger partial charge in [-0.1, -0.05) is 12.1 Å². The molecule has 1 N–H and O–H groups in total. The Kier molecular flexibility index (Phi) is 5.22. The van der Waals surface area contributed by atoms with Crippen LogP contribution in [0.4, 0.5) is 5.88 Å². The van der Waals surface area contributed by atoms with Crippen LogP contribution in [0.25, 0.3) is 11.0 Å². The number of fused-ring (bicyclic) bond motifs is 1. The number of aromatic carboxylic acids is 1. The standard InChI is InChI=1S/C22H21NO6/c1-14-19(28-13-15-2-4-16(5-3-15)22(25)26)7-6-17-18(24)12-20(29-21(14)17)23-8-10-27-11-9-23/h2-7,12H,8-11,13H2,1H3,(H,25,26). The van der Waals surface area contributed by atoms with Gasteiger partial charge >= 0.3 is 5.97 Å². The predicted octanol–water partition coefficient (Wildman–Crippen LogP) is 3.22. The molecule has 0 aliphatic carbocycles. The van der Waals surface area contributed by atoms with Crippen molar-refractivity contribution in [2.75, 3.05) is 31.2 Å². The minimum Gasteiger partial charge on any atom is -0.488 e. The van der Waals surface area contributed by atoms with E-state index in [0.717, 1.165) is 11.1 Å². The van der Waals surface area contributed by atoms with Crippen molar-refractivity contribution in [2.45, 2.75) is 13.5 Å². The molecule has 150 valence electrons. The number of ether oxygens (including phenoxy) is 2. The molecule has 1 fully saturated rings. The third-order valence-corrected chi connectivity index (χ3v) is 5.00. The van der Waals surface area contributed by atoms with E-state index in [0.29, 0.717) is 48.9 Å². The minimum absolute atomic E-state index is 0.0911. The molecule has 3 aromatic rings. The monoisotopic (exact) mass is 395 g/mol. The third kappa shape index (κ3) is 3.95. The largest absolute Gasteiger partial charge is 0.488 e. The fourth-order valence-electron chi connectivity index (χ4n) is 3.32. The molecule has 1 aliphatic heterocycles. The summed E-state index contributed by atoms with van der Waals surface area (Å²) >= 11 is 0. The number of hydrogen-bond acceptors (Lipinski definition) is 6. The summed E-state index contributed by atoms with van der Waals surface area (Å²) in [5.41, 5.74) is 2.24. The Labute approximate surface area is 167 Å². The Balaban J connectivity index is 1.60. The van der Waals surface area contributed by atoms with Crippen molar-refractivity contribution in [3.8, 4) is 5.75 Å². The second-order valence-electron chi connectivity index (χ2n) is 6.90. The zero-order valence-corrected chi connectivity index (χ0v) is 16.0. The Hall–Kier alpha value is -3.32. The fraction of sp³-hybridized carbons (Fsp3) is 0.273. The van der Waals surface area contributed by atoms with Gasteiger partial charge in [-0.15, -0.1) is 0 Å². The maximum Gasteiger partial charge on any atom is 0.335 e. The molecule has 29 heavy (non-hydrogen) atoms. The van der Waals surface area contributed by atoms with Gasteiger partial charge in [0, 0.05) is 24.7 Å². The number of nitrogens with zero attached hydrogens (tertiary/aromatic N) is 1. The van der Waals surface area contributed by atoms with E-state index >= 15 is 0 Å². The van der Waals surface area contributed by atoms with Crippen molar-refractivity contribution >= 4 is 22.8 Å². The maximum atomic E-state index is 12.6. The number of aryl methyl sites for hydroxylation is 1. The highest BCUT2D eigenvalue weighted by Crippen LogP contribution is 2.29. The molecule has 0 atom stereocenters. The van der Waals surface area contributed by atoms with Gasteiger partial charge in [-0.3, -0.25) is 4.79 Å². The van der Waals surface area contributed by atoms with Crippen molar-refractivity contribution in [3.63, 3.8) is 0 Å². The van der Waals surface area contributed by atoms with E-state index in [9.17, 15) is 9.59 Å². The first-order chi connectivity index (χ1) is 14.0. The van der Waals surface area contributed by atoms with Gasteiger partial charge in [-0.25, -0.2) is 4.79 Å². The van der Waals surface area contributed by atoms with Gasteiger partial charge in [0.15, 0.2) is 11.3 Å². The first-order valence-corrected chi connectivity index (χ1v) is 9.38. The van der Waals surface area contributed by atoms with Crippen molar-refractivity contribution in [3.05, 3.63) is 69.4 Å². The van der Waals surface area contributed by atoms with E-state index in [1.165, 1.54) is 6.07 Å². The smallest absolute Gasteiger partial charge is 0.335 e. The lowest BCUT2D eigenvalue weighted by atomic mass is 10.1. The van der Waals surface area contributed by atoms with Crippen LogP contribution in [0.2, 0.25) is 0 Å². The van der Waals surface area contributed by atoms with Gasteiger partial charge < -0.3 is 23.9 Å². The van der Waals surface area contributed by atoms with E-state index in [-0.39, 0.29) is 17.6 Å². The zero-order valence-electron chi connectivity index (χ0n) is 16.0. The molecule has 0 bridgehead atoms. The summed E-state index contributed by atoms with van der Waals surface area (Å²) in [6, 6.07) is 11.5. The Morgan fingerprint density at radius 1 is 1.14 bits per heavy atom. The molecule has 1 aliphatic rings. The molecule has 7 heteroatoms. The topological polar surface area (TPSA) is 89.2 Å². The number of carboxylic acid groups (broad SMARTS) is 1. The lowest BCUT2D eigenvalue weighted by Gasteiger charge is -2.27.